The van der Waals surface area contributed by atoms with E-state index < -0.39 is 36.9 Å². The monoisotopic (exact) mass is 328 g/mol. The van der Waals surface area contributed by atoms with Gasteiger partial charge in [-0.05, 0) is 32.9 Å². The third-order valence-corrected chi connectivity index (χ3v) is 3.45. The highest BCUT2D eigenvalue weighted by Gasteiger charge is 2.19. The predicted molar refractivity (Wildman–Crippen MR) is 70.6 cm³/mol. The van der Waals surface area contributed by atoms with Crippen LogP contribution in [0, 0.1) is 11.6 Å². The summed E-state index contributed by atoms with van der Waals surface area (Å²) < 4.78 is 59.4. The van der Waals surface area contributed by atoms with E-state index >= 15 is 0 Å². The van der Waals surface area contributed by atoms with Crippen LogP contribution in [0.3, 0.4) is 0 Å². The molecule has 0 unspecified atom stereocenters. The predicted octanol–water partition coefficient (Wildman–Crippen LogP) is 3.09. The maximum absolute atomic E-state index is 13.6. The maximum atomic E-state index is 13.6. The lowest BCUT2D eigenvalue weighted by atomic mass is 10.2. The van der Waals surface area contributed by atoms with E-state index in [0.29, 0.717) is 12.1 Å². The molecule has 0 aromatic heterocycles. The smallest absolute Gasteiger partial charge is 0.261 e. The van der Waals surface area contributed by atoms with Gasteiger partial charge in [0.2, 0.25) is 0 Å². The molecule has 0 aliphatic heterocycles. The van der Waals surface area contributed by atoms with Crippen molar-refractivity contribution in [2.75, 3.05) is 13.2 Å². The fourth-order valence-corrected chi connectivity index (χ4v) is 2.06. The Balaban J connectivity index is 2.78. The summed E-state index contributed by atoms with van der Waals surface area (Å²) >= 11 is 0. The van der Waals surface area contributed by atoms with Crippen LogP contribution in [0.2, 0.25) is 0 Å². The summed E-state index contributed by atoms with van der Waals surface area (Å²) in [5.74, 6) is -2.94. The number of hydrogen-bond donors (Lipinski definition) is 0. The van der Waals surface area contributed by atoms with Crippen molar-refractivity contribution in [2.45, 2.75) is 31.3 Å². The molecule has 1 rings (SSSR count). The summed E-state index contributed by atoms with van der Waals surface area (Å²) in [7, 11) is 0.813. The van der Waals surface area contributed by atoms with E-state index in [1.54, 1.807) is 0 Å². The largest absolute Gasteiger partial charge is 0.485 e. The topological polar surface area (TPSA) is 52.6 Å². The molecule has 0 N–H and O–H groups in total. The standard InChI is InChI=1S/C12H15ClF2O4S/c1-12(2,3)19-5-4-18-11-9(14)6-8(7-10(11)15)20(13,16)17/h6-7H,4-5H2,1-3H3. The van der Waals surface area contributed by atoms with E-state index in [4.69, 9.17) is 20.2 Å². The van der Waals surface area contributed by atoms with E-state index in [1.165, 1.54) is 0 Å². The quantitative estimate of drug-likeness (QED) is 0.615. The molecule has 1 aromatic rings. The van der Waals surface area contributed by atoms with Gasteiger partial charge < -0.3 is 9.47 Å². The van der Waals surface area contributed by atoms with Crippen molar-refractivity contribution in [3.05, 3.63) is 23.8 Å². The molecule has 114 valence electrons. The van der Waals surface area contributed by atoms with Gasteiger partial charge in [0.15, 0.2) is 17.4 Å². The average Bonchev–Trinajstić information content (AvgIpc) is 2.23. The van der Waals surface area contributed by atoms with Crippen molar-refractivity contribution < 1.29 is 26.7 Å². The lowest BCUT2D eigenvalue weighted by molar-refractivity contribution is -0.0171. The van der Waals surface area contributed by atoms with Gasteiger partial charge >= 0.3 is 0 Å². The van der Waals surface area contributed by atoms with Gasteiger partial charge in [-0.25, -0.2) is 17.2 Å². The van der Waals surface area contributed by atoms with Gasteiger partial charge in [0, 0.05) is 10.7 Å². The highest BCUT2D eigenvalue weighted by Crippen LogP contribution is 2.27. The molecule has 8 heteroatoms. The summed E-state index contributed by atoms with van der Waals surface area (Å²) in [5, 5.41) is 0. The van der Waals surface area contributed by atoms with E-state index in [-0.39, 0.29) is 13.2 Å². The Morgan fingerprint density at radius 1 is 1.15 bits per heavy atom. The second-order valence-electron chi connectivity index (χ2n) is 4.96. The molecular formula is C12H15ClF2O4S. The van der Waals surface area contributed by atoms with Gasteiger partial charge in [0.05, 0.1) is 17.1 Å². The lowest BCUT2D eigenvalue weighted by Gasteiger charge is -2.19. The Morgan fingerprint density at radius 2 is 1.65 bits per heavy atom. The third-order valence-electron chi connectivity index (χ3n) is 2.12. The van der Waals surface area contributed by atoms with Crippen LogP contribution in [0.1, 0.15) is 20.8 Å². The molecule has 0 saturated heterocycles. The van der Waals surface area contributed by atoms with Crippen LogP contribution in [-0.4, -0.2) is 27.2 Å². The molecule has 0 bridgehead atoms. The molecule has 0 heterocycles. The van der Waals surface area contributed by atoms with Crippen molar-refractivity contribution in [3.63, 3.8) is 0 Å². The van der Waals surface area contributed by atoms with Crippen LogP contribution in [0.15, 0.2) is 17.0 Å². The molecule has 0 spiro atoms. The zero-order chi connectivity index (χ0) is 15.6. The molecule has 0 atom stereocenters. The number of benzene rings is 1. The molecule has 1 aromatic carbocycles. The Morgan fingerprint density at radius 3 is 2.05 bits per heavy atom. The van der Waals surface area contributed by atoms with Crippen molar-refractivity contribution in [2.24, 2.45) is 0 Å². The Labute approximate surface area is 121 Å². The first-order valence-electron chi connectivity index (χ1n) is 5.71. The first-order valence-corrected chi connectivity index (χ1v) is 8.02. The molecular weight excluding hydrogens is 314 g/mol. The van der Waals surface area contributed by atoms with Crippen LogP contribution >= 0.6 is 10.7 Å². The summed E-state index contributed by atoms with van der Waals surface area (Å²) in [6, 6.07) is 1.21. The molecule has 0 amide bonds. The second-order valence-corrected chi connectivity index (χ2v) is 7.53. The fourth-order valence-electron chi connectivity index (χ4n) is 1.31. The maximum Gasteiger partial charge on any atom is 0.261 e. The summed E-state index contributed by atoms with van der Waals surface area (Å²) in [6.45, 7) is 5.55. The van der Waals surface area contributed by atoms with Crippen LogP contribution in [0.4, 0.5) is 8.78 Å². The SMILES string of the molecule is CC(C)(C)OCCOc1c(F)cc(S(=O)(=O)Cl)cc1F. The van der Waals surface area contributed by atoms with E-state index in [2.05, 4.69) is 0 Å². The van der Waals surface area contributed by atoms with Crippen molar-refractivity contribution in [1.82, 2.24) is 0 Å². The van der Waals surface area contributed by atoms with E-state index in [0.717, 1.165) is 0 Å². The molecule has 0 fully saturated rings. The lowest BCUT2D eigenvalue weighted by Crippen LogP contribution is -2.22. The zero-order valence-electron chi connectivity index (χ0n) is 11.2. The summed E-state index contributed by atoms with van der Waals surface area (Å²) in [4.78, 5) is -0.660. The first-order chi connectivity index (χ1) is 9.00. The van der Waals surface area contributed by atoms with Crippen LogP contribution in [0.25, 0.3) is 0 Å². The van der Waals surface area contributed by atoms with Crippen molar-refractivity contribution in [1.29, 1.82) is 0 Å². The third kappa shape index (κ3) is 5.22. The van der Waals surface area contributed by atoms with E-state index in [1.807, 2.05) is 20.8 Å². The highest BCUT2D eigenvalue weighted by atomic mass is 35.7. The number of rotatable bonds is 5. The van der Waals surface area contributed by atoms with Crippen LogP contribution < -0.4 is 4.74 Å². The van der Waals surface area contributed by atoms with Crippen molar-refractivity contribution in [3.8, 4) is 5.75 Å². The van der Waals surface area contributed by atoms with Crippen LogP contribution in [-0.2, 0) is 13.8 Å². The van der Waals surface area contributed by atoms with Gasteiger partial charge in [-0.1, -0.05) is 0 Å². The molecule has 0 aliphatic carbocycles. The van der Waals surface area contributed by atoms with Crippen LogP contribution in [0.5, 0.6) is 5.75 Å². The fraction of sp³-hybridized carbons (Fsp3) is 0.500. The molecule has 4 nitrogen and oxygen atoms in total. The van der Waals surface area contributed by atoms with Gasteiger partial charge in [0.25, 0.3) is 9.05 Å². The number of hydrogen-bond acceptors (Lipinski definition) is 4. The Bertz CT molecular complexity index is 559. The normalized spacial score (nSPS) is 12.5. The molecule has 0 aliphatic rings. The number of halogens is 3. The second kappa shape index (κ2) is 6.24. The molecule has 0 saturated carbocycles. The van der Waals surface area contributed by atoms with Gasteiger partial charge in [-0.2, -0.15) is 0 Å². The first kappa shape index (κ1) is 17.1. The van der Waals surface area contributed by atoms with Gasteiger partial charge in [-0.3, -0.25) is 0 Å². The van der Waals surface area contributed by atoms with Gasteiger partial charge in [-0.15, -0.1) is 0 Å². The minimum atomic E-state index is -4.20. The average molecular weight is 329 g/mol. The Hall–Kier alpha value is -0.920. The highest BCUT2D eigenvalue weighted by molar-refractivity contribution is 8.13. The summed E-state index contributed by atoms with van der Waals surface area (Å²) in [5.41, 5.74) is -0.392. The minimum absolute atomic E-state index is 0.0713. The molecule has 20 heavy (non-hydrogen) atoms. The zero-order valence-corrected chi connectivity index (χ0v) is 12.8. The summed E-state index contributed by atoms with van der Waals surface area (Å²) in [6.07, 6.45) is 0. The molecule has 0 radical (unpaired) electrons. The minimum Gasteiger partial charge on any atom is -0.485 e. The van der Waals surface area contributed by atoms with E-state index in [9.17, 15) is 17.2 Å². The van der Waals surface area contributed by atoms with Crippen molar-refractivity contribution >= 4 is 19.7 Å². The number of ether oxygens (including phenoxy) is 2. The van der Waals surface area contributed by atoms with Gasteiger partial charge in [0.1, 0.15) is 6.61 Å². The Kier molecular flexibility index (Phi) is 5.34.